The topological polar surface area (TPSA) is 166 Å². The second-order valence-electron chi connectivity index (χ2n) is 11.0. The molecule has 4 atom stereocenters. The Morgan fingerprint density at radius 2 is 1.50 bits per heavy atom. The molecule has 3 rings (SSSR count). The second kappa shape index (κ2) is 22.8. The van der Waals surface area contributed by atoms with Crippen LogP contribution in [0.5, 0.6) is 5.75 Å². The van der Waals surface area contributed by atoms with Crippen molar-refractivity contribution in [3.8, 4) is 5.75 Å². The molecule has 2 aliphatic rings. The van der Waals surface area contributed by atoms with Gasteiger partial charge in [-0.2, -0.15) is 16.2 Å². The SMILES string of the molecule is O=C(CCCCC1SCC2NC(O)NC21)NCCCOCCOCCOCCCNC(=O)COCC(=O)Oc1c(F)c(F)cc(F)c1I. The third-order valence-corrected chi connectivity index (χ3v) is 9.76. The fourth-order valence-corrected chi connectivity index (χ4v) is 6.96. The number of carbonyl (C=O) groups excluding carboxylic acids is 3. The van der Waals surface area contributed by atoms with Gasteiger partial charge in [-0.1, -0.05) is 6.42 Å². The molecule has 0 radical (unpaired) electrons. The molecule has 0 aromatic heterocycles. The number of halogens is 4. The number of hydrogen-bond acceptors (Lipinski definition) is 12. The summed E-state index contributed by atoms with van der Waals surface area (Å²) in [6.45, 7) is 2.18. The number of nitrogens with one attached hydrogen (secondary N) is 4. The normalized spacial score (nSPS) is 20.1. The van der Waals surface area contributed by atoms with E-state index in [1.54, 1.807) is 0 Å². The highest BCUT2D eigenvalue weighted by Crippen LogP contribution is 2.33. The fourth-order valence-electron chi connectivity index (χ4n) is 4.89. The minimum absolute atomic E-state index is 0.0524. The number of ether oxygens (including phenoxy) is 5. The maximum Gasteiger partial charge on any atom is 0.337 e. The summed E-state index contributed by atoms with van der Waals surface area (Å²) in [5, 5.41) is 21.9. The lowest BCUT2D eigenvalue weighted by molar-refractivity contribution is -0.141. The van der Waals surface area contributed by atoms with Crippen molar-refractivity contribution >= 4 is 52.1 Å². The van der Waals surface area contributed by atoms with Crippen molar-refractivity contribution in [2.75, 3.05) is 71.7 Å². The van der Waals surface area contributed by atoms with Gasteiger partial charge < -0.3 is 39.4 Å². The first-order valence-electron chi connectivity index (χ1n) is 15.9. The summed E-state index contributed by atoms with van der Waals surface area (Å²) < 4.78 is 66.1. The average molecular weight is 821 g/mol. The van der Waals surface area contributed by atoms with Crippen molar-refractivity contribution in [1.82, 2.24) is 21.3 Å². The Morgan fingerprint density at radius 1 is 0.854 bits per heavy atom. The van der Waals surface area contributed by atoms with Gasteiger partial charge in [-0.05, 0) is 48.3 Å². The molecule has 13 nitrogen and oxygen atoms in total. The first kappa shape index (κ1) is 40.6. The molecule has 2 fully saturated rings. The van der Waals surface area contributed by atoms with E-state index >= 15 is 0 Å². The highest BCUT2D eigenvalue weighted by molar-refractivity contribution is 14.1. The number of esters is 1. The molecule has 0 saturated carbocycles. The molecule has 4 unspecified atom stereocenters. The predicted molar refractivity (Wildman–Crippen MR) is 178 cm³/mol. The van der Waals surface area contributed by atoms with Gasteiger partial charge in [0.2, 0.25) is 17.6 Å². The summed E-state index contributed by atoms with van der Waals surface area (Å²) in [7, 11) is 0. The first-order chi connectivity index (χ1) is 23.2. The van der Waals surface area contributed by atoms with Crippen LogP contribution in [0.25, 0.3) is 0 Å². The molecule has 1 aromatic carbocycles. The molecule has 0 spiro atoms. The Morgan fingerprint density at radius 3 is 2.19 bits per heavy atom. The number of carbonyl (C=O) groups is 3. The van der Waals surface area contributed by atoms with Gasteiger partial charge in [-0.15, -0.1) is 0 Å². The van der Waals surface area contributed by atoms with Crippen LogP contribution in [0.3, 0.4) is 0 Å². The summed E-state index contributed by atoms with van der Waals surface area (Å²) in [5.74, 6) is -5.53. The molecule has 2 saturated heterocycles. The summed E-state index contributed by atoms with van der Waals surface area (Å²) >= 11 is 3.30. The largest absolute Gasteiger partial charge is 0.420 e. The molecular formula is C30H44F3IN4O9S. The molecule has 2 aliphatic heterocycles. The molecular weight excluding hydrogens is 776 g/mol. The van der Waals surface area contributed by atoms with E-state index in [2.05, 4.69) is 26.0 Å². The van der Waals surface area contributed by atoms with E-state index < -0.39 is 58.2 Å². The van der Waals surface area contributed by atoms with Crippen molar-refractivity contribution in [2.45, 2.75) is 62.2 Å². The van der Waals surface area contributed by atoms with Crippen LogP contribution in [0.15, 0.2) is 6.07 Å². The van der Waals surface area contributed by atoms with E-state index in [4.69, 9.17) is 18.9 Å². The number of thioether (sulfide) groups is 1. The van der Waals surface area contributed by atoms with Gasteiger partial charge in [-0.25, -0.2) is 13.6 Å². The van der Waals surface area contributed by atoms with E-state index in [0.29, 0.717) is 95.4 Å². The third kappa shape index (κ3) is 15.0. The van der Waals surface area contributed by atoms with Gasteiger partial charge in [0.05, 0.1) is 30.0 Å². The number of aliphatic hydroxyl groups excluding tert-OH is 1. The first-order valence-corrected chi connectivity index (χ1v) is 18.0. The van der Waals surface area contributed by atoms with Gasteiger partial charge in [0, 0.05) is 61.9 Å². The van der Waals surface area contributed by atoms with Crippen LogP contribution in [-0.4, -0.2) is 118 Å². The van der Waals surface area contributed by atoms with E-state index in [1.165, 1.54) is 22.6 Å². The minimum Gasteiger partial charge on any atom is -0.420 e. The van der Waals surface area contributed by atoms with Crippen LogP contribution in [0, 0.1) is 21.0 Å². The van der Waals surface area contributed by atoms with Crippen LogP contribution in [-0.2, 0) is 33.3 Å². The maximum atomic E-state index is 13.8. The second-order valence-corrected chi connectivity index (χ2v) is 13.3. The number of amides is 2. The Balaban J connectivity index is 1.02. The average Bonchev–Trinajstić information content (AvgIpc) is 3.61. The van der Waals surface area contributed by atoms with E-state index in [1.807, 2.05) is 11.8 Å². The van der Waals surface area contributed by atoms with E-state index in [9.17, 15) is 32.7 Å². The summed E-state index contributed by atoms with van der Waals surface area (Å²) in [4.78, 5) is 35.6. The third-order valence-electron chi connectivity index (χ3n) is 7.25. The highest BCUT2D eigenvalue weighted by atomic mass is 127. The monoisotopic (exact) mass is 820 g/mol. The molecule has 18 heteroatoms. The molecule has 0 aliphatic carbocycles. The van der Waals surface area contributed by atoms with Gasteiger partial charge in [-0.3, -0.25) is 20.2 Å². The Kier molecular flexibility index (Phi) is 19.3. The van der Waals surface area contributed by atoms with Crippen LogP contribution in [0.1, 0.15) is 38.5 Å². The number of fused-ring (bicyclic) bond motifs is 1. The number of aliphatic hydroxyl groups is 1. The van der Waals surface area contributed by atoms with Crippen molar-refractivity contribution in [2.24, 2.45) is 0 Å². The molecule has 1 aromatic rings. The van der Waals surface area contributed by atoms with Gasteiger partial charge in [0.15, 0.2) is 17.9 Å². The Hall–Kier alpha value is -1.78. The molecule has 48 heavy (non-hydrogen) atoms. The van der Waals surface area contributed by atoms with E-state index in [0.717, 1.165) is 25.0 Å². The molecule has 272 valence electrons. The zero-order chi connectivity index (χ0) is 34.7. The molecule has 2 heterocycles. The van der Waals surface area contributed by atoms with E-state index in [-0.39, 0.29) is 5.91 Å². The van der Waals surface area contributed by atoms with Crippen molar-refractivity contribution in [3.05, 3.63) is 27.1 Å². The van der Waals surface area contributed by atoms with Crippen LogP contribution in [0.2, 0.25) is 0 Å². The van der Waals surface area contributed by atoms with Crippen LogP contribution in [0.4, 0.5) is 13.2 Å². The highest BCUT2D eigenvalue weighted by Gasteiger charge is 2.42. The summed E-state index contributed by atoms with van der Waals surface area (Å²) in [6, 6.07) is 0.969. The summed E-state index contributed by atoms with van der Waals surface area (Å²) in [6.07, 6.45) is 4.00. The van der Waals surface area contributed by atoms with Crippen molar-refractivity contribution in [1.29, 1.82) is 0 Å². The molecule has 2 amide bonds. The number of hydrogen-bond donors (Lipinski definition) is 5. The van der Waals surface area contributed by atoms with Crippen molar-refractivity contribution in [3.63, 3.8) is 0 Å². The standard InChI is InChI=1S/C30H44F3IN4O9S/c31-19-15-20(32)27(34)29(26(19)33)47-25(41)17-46-16-24(40)36-8-4-10-44-12-14-45-13-11-43-9-3-7-35-23(39)6-2-1-5-22-28-21(18-48-22)37-30(42)38-28/h15,21-22,28,30,37-38,42H,1-14,16-18H2,(H,35,39)(H,36,40). The van der Waals surface area contributed by atoms with Crippen molar-refractivity contribution < 1.29 is 56.3 Å². The number of unbranched alkanes of at least 4 members (excludes halogenated alkanes) is 1. The lowest BCUT2D eigenvalue weighted by Gasteiger charge is -2.17. The Labute approximate surface area is 295 Å². The zero-order valence-electron chi connectivity index (χ0n) is 26.5. The van der Waals surface area contributed by atoms with Gasteiger partial charge in [0.1, 0.15) is 19.0 Å². The number of rotatable bonds is 24. The molecule has 0 bridgehead atoms. The number of benzene rings is 1. The fraction of sp³-hybridized carbons (Fsp3) is 0.700. The minimum atomic E-state index is -1.50. The quantitative estimate of drug-likeness (QED) is 0.0337. The predicted octanol–water partition coefficient (Wildman–Crippen LogP) is 1.57. The van der Waals surface area contributed by atoms with Gasteiger partial charge in [0.25, 0.3) is 0 Å². The zero-order valence-corrected chi connectivity index (χ0v) is 29.5. The molecule has 5 N–H and O–H groups in total. The van der Waals surface area contributed by atoms with Crippen LogP contribution < -0.4 is 26.0 Å². The Bertz CT molecular complexity index is 1150. The van der Waals surface area contributed by atoms with Gasteiger partial charge >= 0.3 is 5.97 Å². The van der Waals surface area contributed by atoms with Crippen LogP contribution >= 0.6 is 34.4 Å². The lowest BCUT2D eigenvalue weighted by Crippen LogP contribution is -2.38. The lowest BCUT2D eigenvalue weighted by atomic mass is 10.0. The maximum absolute atomic E-state index is 13.8. The smallest absolute Gasteiger partial charge is 0.337 e. The summed E-state index contributed by atoms with van der Waals surface area (Å²) in [5.41, 5.74) is 0.